The average molecular weight is 422 g/mol. The molecule has 0 radical (unpaired) electrons. The summed E-state index contributed by atoms with van der Waals surface area (Å²) in [6.07, 6.45) is -3.24. The molecule has 1 saturated heterocycles. The van der Waals surface area contributed by atoms with Crippen molar-refractivity contribution in [1.29, 1.82) is 0 Å². The lowest BCUT2D eigenvalue weighted by atomic mass is 9.92. The summed E-state index contributed by atoms with van der Waals surface area (Å²) in [5.74, 6) is -1.89. The Morgan fingerprint density at radius 3 is 2.20 bits per heavy atom. The van der Waals surface area contributed by atoms with Crippen molar-refractivity contribution in [3.63, 3.8) is 0 Å². The van der Waals surface area contributed by atoms with Gasteiger partial charge in [-0.3, -0.25) is 19.2 Å². The van der Waals surface area contributed by atoms with E-state index in [-0.39, 0.29) is 13.0 Å². The molecule has 1 aromatic rings. The lowest BCUT2D eigenvalue weighted by Crippen LogP contribution is -2.51. The van der Waals surface area contributed by atoms with Gasteiger partial charge in [0.15, 0.2) is 6.10 Å². The molecule has 0 N–H and O–H groups in total. The highest BCUT2D eigenvalue weighted by molar-refractivity contribution is 5.70. The van der Waals surface area contributed by atoms with Crippen LogP contribution in [0.5, 0.6) is 5.75 Å². The lowest BCUT2D eigenvalue weighted by molar-refractivity contribution is -0.216. The molecule has 0 saturated carbocycles. The van der Waals surface area contributed by atoms with Crippen molar-refractivity contribution in [3.8, 4) is 5.75 Å². The fourth-order valence-corrected chi connectivity index (χ4v) is 3.30. The van der Waals surface area contributed by atoms with Gasteiger partial charge in [0.1, 0.15) is 24.6 Å². The Morgan fingerprint density at radius 2 is 1.63 bits per heavy atom. The number of benzene rings is 1. The molecule has 0 amide bonds. The number of esters is 4. The van der Waals surface area contributed by atoms with E-state index in [1.807, 2.05) is 6.92 Å². The van der Waals surface area contributed by atoms with Crippen LogP contribution in [0.15, 0.2) is 18.2 Å². The fraction of sp³-hybridized carbons (Fsp3) is 0.524. The van der Waals surface area contributed by atoms with Crippen LogP contribution in [0, 0.1) is 6.92 Å². The Morgan fingerprint density at radius 1 is 0.967 bits per heavy atom. The Balaban J connectivity index is 2.43. The molecule has 0 bridgehead atoms. The van der Waals surface area contributed by atoms with Crippen molar-refractivity contribution in [2.75, 3.05) is 6.61 Å². The molecule has 9 heteroatoms. The van der Waals surface area contributed by atoms with Crippen LogP contribution in [0.1, 0.15) is 51.3 Å². The van der Waals surface area contributed by atoms with Gasteiger partial charge in [0, 0.05) is 39.7 Å². The van der Waals surface area contributed by atoms with Gasteiger partial charge in [-0.1, -0.05) is 11.6 Å². The molecule has 30 heavy (non-hydrogen) atoms. The number of aryl methyl sites for hydroxylation is 1. The third-order valence-electron chi connectivity index (χ3n) is 4.35. The number of ether oxygens (including phenoxy) is 5. The van der Waals surface area contributed by atoms with Crippen LogP contribution in [0.25, 0.3) is 0 Å². The lowest BCUT2D eigenvalue weighted by Gasteiger charge is -2.40. The van der Waals surface area contributed by atoms with Crippen LogP contribution in [0.3, 0.4) is 0 Å². The van der Waals surface area contributed by atoms with Gasteiger partial charge >= 0.3 is 23.9 Å². The first-order chi connectivity index (χ1) is 14.1. The van der Waals surface area contributed by atoms with Crippen molar-refractivity contribution in [3.05, 3.63) is 29.3 Å². The van der Waals surface area contributed by atoms with Gasteiger partial charge in [-0.2, -0.15) is 0 Å². The maximum absolute atomic E-state index is 11.7. The maximum atomic E-state index is 11.7. The molecular weight excluding hydrogens is 396 g/mol. The van der Waals surface area contributed by atoms with E-state index in [1.54, 1.807) is 18.2 Å². The molecule has 164 valence electrons. The van der Waals surface area contributed by atoms with Gasteiger partial charge in [0.25, 0.3) is 0 Å². The first-order valence-corrected chi connectivity index (χ1v) is 9.49. The summed E-state index contributed by atoms with van der Waals surface area (Å²) in [6.45, 7) is 6.64. The van der Waals surface area contributed by atoms with Crippen molar-refractivity contribution >= 4 is 23.9 Å². The summed E-state index contributed by atoms with van der Waals surface area (Å²) in [6, 6.07) is 5.23. The summed E-state index contributed by atoms with van der Waals surface area (Å²) < 4.78 is 27.2. The number of carbonyl (C=O) groups excluding carboxylic acids is 4. The zero-order valence-electron chi connectivity index (χ0n) is 17.6. The summed E-state index contributed by atoms with van der Waals surface area (Å²) in [7, 11) is 0. The minimum absolute atomic E-state index is 0.145. The van der Waals surface area contributed by atoms with Gasteiger partial charge in [-0.05, 0) is 19.1 Å². The minimum atomic E-state index is -0.969. The zero-order chi connectivity index (χ0) is 22.4. The Labute approximate surface area is 174 Å². The van der Waals surface area contributed by atoms with Crippen molar-refractivity contribution in [2.24, 2.45) is 0 Å². The molecule has 1 heterocycles. The minimum Gasteiger partial charge on any atom is -0.463 e. The topological polar surface area (TPSA) is 114 Å². The van der Waals surface area contributed by atoms with Crippen LogP contribution in [-0.2, 0) is 38.1 Å². The third kappa shape index (κ3) is 6.55. The monoisotopic (exact) mass is 422 g/mol. The number of hydrogen-bond acceptors (Lipinski definition) is 9. The summed E-state index contributed by atoms with van der Waals surface area (Å²) in [4.78, 5) is 46.1. The van der Waals surface area contributed by atoms with E-state index in [4.69, 9.17) is 23.7 Å². The Hall–Kier alpha value is -2.94. The van der Waals surface area contributed by atoms with Crippen LogP contribution in [0.4, 0.5) is 0 Å². The molecule has 0 spiro atoms. The van der Waals surface area contributed by atoms with Crippen LogP contribution in [0.2, 0.25) is 0 Å². The smallest absolute Gasteiger partial charge is 0.308 e. The molecule has 0 aliphatic carbocycles. The predicted molar refractivity (Wildman–Crippen MR) is 102 cm³/mol. The molecule has 3 unspecified atom stereocenters. The van der Waals surface area contributed by atoms with Crippen molar-refractivity contribution < 1.29 is 42.9 Å². The summed E-state index contributed by atoms with van der Waals surface area (Å²) in [5.41, 5.74) is 1.46. The standard InChI is InChI=1S/C21H26O9/c1-11-6-7-17(27-13(3)23)16(8-11)18-9-19(28-14(4)24)21(29-15(5)25)20(30-18)10-26-12(2)22/h6-8,18-21H,9-10H2,1-5H3/t18?,19?,20?,21-/m0/s1. The zero-order valence-corrected chi connectivity index (χ0v) is 17.6. The largest absolute Gasteiger partial charge is 0.463 e. The molecule has 4 atom stereocenters. The van der Waals surface area contributed by atoms with Crippen molar-refractivity contribution in [2.45, 2.75) is 65.5 Å². The highest BCUT2D eigenvalue weighted by Crippen LogP contribution is 2.39. The van der Waals surface area contributed by atoms with E-state index in [2.05, 4.69) is 0 Å². The van der Waals surface area contributed by atoms with Crippen LogP contribution in [-0.4, -0.2) is 48.8 Å². The molecule has 2 rings (SSSR count). The number of hydrogen-bond donors (Lipinski definition) is 0. The van der Waals surface area contributed by atoms with E-state index in [9.17, 15) is 19.2 Å². The second-order valence-electron chi connectivity index (χ2n) is 7.06. The van der Waals surface area contributed by atoms with Gasteiger partial charge < -0.3 is 23.7 Å². The summed E-state index contributed by atoms with van der Waals surface area (Å²) in [5, 5.41) is 0. The number of rotatable bonds is 6. The van der Waals surface area contributed by atoms with E-state index >= 15 is 0 Å². The second kappa shape index (κ2) is 10.2. The van der Waals surface area contributed by atoms with E-state index < -0.39 is 48.3 Å². The summed E-state index contributed by atoms with van der Waals surface area (Å²) >= 11 is 0. The van der Waals surface area contributed by atoms with Gasteiger partial charge in [-0.25, -0.2) is 0 Å². The first kappa shape index (κ1) is 23.3. The molecule has 9 nitrogen and oxygen atoms in total. The highest BCUT2D eigenvalue weighted by atomic mass is 16.6. The molecular formula is C21H26O9. The van der Waals surface area contributed by atoms with Gasteiger partial charge in [-0.15, -0.1) is 0 Å². The van der Waals surface area contributed by atoms with Gasteiger partial charge in [0.05, 0.1) is 6.10 Å². The molecule has 1 aromatic carbocycles. The fourth-order valence-electron chi connectivity index (χ4n) is 3.30. The molecule has 1 fully saturated rings. The maximum Gasteiger partial charge on any atom is 0.308 e. The van der Waals surface area contributed by atoms with Gasteiger partial charge in [0.2, 0.25) is 0 Å². The van der Waals surface area contributed by atoms with E-state index in [0.29, 0.717) is 11.3 Å². The molecule has 1 aliphatic rings. The van der Waals surface area contributed by atoms with Crippen molar-refractivity contribution in [1.82, 2.24) is 0 Å². The predicted octanol–water partition coefficient (Wildman–Crippen LogP) is 2.18. The normalized spacial score (nSPS) is 23.2. The molecule has 0 aromatic heterocycles. The quantitative estimate of drug-likeness (QED) is 0.386. The van der Waals surface area contributed by atoms with Crippen LogP contribution < -0.4 is 4.74 Å². The van der Waals surface area contributed by atoms with Crippen LogP contribution >= 0.6 is 0 Å². The Kier molecular flexibility index (Phi) is 7.93. The number of carbonyl (C=O) groups is 4. The van der Waals surface area contributed by atoms with E-state index in [1.165, 1.54) is 27.7 Å². The molecule has 1 aliphatic heterocycles. The highest BCUT2D eigenvalue weighted by Gasteiger charge is 2.44. The SMILES string of the molecule is CC(=O)OCC1OC(c2cc(C)ccc2OC(C)=O)CC(OC(C)=O)[C@@H]1OC(C)=O. The first-order valence-electron chi connectivity index (χ1n) is 9.49. The second-order valence-corrected chi connectivity index (χ2v) is 7.06. The Bertz CT molecular complexity index is 817. The average Bonchev–Trinajstić information content (AvgIpc) is 2.62. The van der Waals surface area contributed by atoms with E-state index in [0.717, 1.165) is 5.56 Å². The third-order valence-corrected chi connectivity index (χ3v) is 4.35.